The number of unbranched alkanes of at least 4 members (excludes halogenated alkanes) is 1. The Morgan fingerprint density at radius 3 is 2.36 bits per heavy atom. The van der Waals surface area contributed by atoms with Crippen molar-refractivity contribution >= 4 is 0 Å². The van der Waals surface area contributed by atoms with E-state index in [2.05, 4.69) is 33.0 Å². The first kappa shape index (κ1) is 13.9. The van der Waals surface area contributed by atoms with Gasteiger partial charge in [0.2, 0.25) is 0 Å². The van der Waals surface area contributed by atoms with E-state index < -0.39 is 0 Å². The van der Waals surface area contributed by atoms with Gasteiger partial charge >= 0.3 is 0 Å². The molecule has 0 rings (SSSR count). The second-order valence-corrected chi connectivity index (χ2v) is 4.18. The fourth-order valence-electron chi connectivity index (χ4n) is 1.35. The molecule has 0 aliphatic carbocycles. The zero-order chi connectivity index (χ0) is 10.8. The number of rotatable bonds is 9. The molecule has 0 aromatic carbocycles. The number of nitrogens with one attached hydrogen (secondary N) is 1. The van der Waals surface area contributed by atoms with Crippen molar-refractivity contribution in [3.05, 3.63) is 0 Å². The van der Waals surface area contributed by atoms with E-state index in [0.29, 0.717) is 12.1 Å². The molecule has 0 aromatic heterocycles. The lowest BCUT2D eigenvalue weighted by atomic mass is 10.1. The van der Waals surface area contributed by atoms with Gasteiger partial charge in [0, 0.05) is 6.04 Å². The molecule has 0 saturated heterocycles. The standard InChI is InChI=1S/C12H27NO/c1-5-7-8-12(13-9-6-2)10-14-11(3)4/h11-13H,5-10H2,1-4H3. The summed E-state index contributed by atoms with van der Waals surface area (Å²) in [6, 6.07) is 0.553. The van der Waals surface area contributed by atoms with Crippen LogP contribution in [0.2, 0.25) is 0 Å². The Bertz CT molecular complexity index is 107. The van der Waals surface area contributed by atoms with Crippen LogP contribution in [0, 0.1) is 0 Å². The molecule has 0 radical (unpaired) electrons. The topological polar surface area (TPSA) is 21.3 Å². The van der Waals surface area contributed by atoms with Crippen molar-refractivity contribution in [3.63, 3.8) is 0 Å². The molecule has 1 N–H and O–H groups in total. The normalized spacial score (nSPS) is 13.5. The second-order valence-electron chi connectivity index (χ2n) is 4.18. The lowest BCUT2D eigenvalue weighted by molar-refractivity contribution is 0.0591. The minimum atomic E-state index is 0.350. The van der Waals surface area contributed by atoms with E-state index in [1.807, 2.05) is 0 Å². The summed E-state index contributed by atoms with van der Waals surface area (Å²) in [6.07, 6.45) is 5.35. The highest BCUT2D eigenvalue weighted by atomic mass is 16.5. The van der Waals surface area contributed by atoms with E-state index >= 15 is 0 Å². The van der Waals surface area contributed by atoms with Gasteiger partial charge in [-0.1, -0.05) is 26.7 Å². The lowest BCUT2D eigenvalue weighted by Crippen LogP contribution is -2.34. The van der Waals surface area contributed by atoms with Crippen LogP contribution in [-0.2, 0) is 4.74 Å². The lowest BCUT2D eigenvalue weighted by Gasteiger charge is -2.19. The summed E-state index contributed by atoms with van der Waals surface area (Å²) in [5, 5.41) is 3.53. The fourth-order valence-corrected chi connectivity index (χ4v) is 1.35. The Morgan fingerprint density at radius 2 is 1.86 bits per heavy atom. The van der Waals surface area contributed by atoms with E-state index in [1.165, 1.54) is 25.7 Å². The van der Waals surface area contributed by atoms with Gasteiger partial charge in [0.1, 0.15) is 0 Å². The van der Waals surface area contributed by atoms with Gasteiger partial charge in [-0.15, -0.1) is 0 Å². The van der Waals surface area contributed by atoms with Crippen molar-refractivity contribution < 1.29 is 4.74 Å². The van der Waals surface area contributed by atoms with Gasteiger partial charge in [-0.25, -0.2) is 0 Å². The van der Waals surface area contributed by atoms with Crippen LogP contribution >= 0.6 is 0 Å². The molecule has 2 heteroatoms. The zero-order valence-electron chi connectivity index (χ0n) is 10.3. The summed E-state index contributed by atoms with van der Waals surface area (Å²) in [7, 11) is 0. The van der Waals surface area contributed by atoms with Crippen LogP contribution < -0.4 is 5.32 Å². The molecular formula is C12H27NO. The predicted octanol–water partition coefficient (Wildman–Crippen LogP) is 2.97. The second kappa shape index (κ2) is 9.47. The van der Waals surface area contributed by atoms with Crippen LogP contribution in [0.3, 0.4) is 0 Å². The van der Waals surface area contributed by atoms with Crippen LogP contribution in [0.1, 0.15) is 53.4 Å². The summed E-state index contributed by atoms with van der Waals surface area (Å²) < 4.78 is 5.64. The summed E-state index contributed by atoms with van der Waals surface area (Å²) in [6.45, 7) is 10.6. The van der Waals surface area contributed by atoms with E-state index in [1.54, 1.807) is 0 Å². The predicted molar refractivity (Wildman–Crippen MR) is 62.7 cm³/mol. The summed E-state index contributed by atoms with van der Waals surface area (Å²) in [5.41, 5.74) is 0. The molecule has 1 unspecified atom stereocenters. The molecule has 0 bridgehead atoms. The Hall–Kier alpha value is -0.0800. The number of hydrogen-bond donors (Lipinski definition) is 1. The quantitative estimate of drug-likeness (QED) is 0.619. The number of ether oxygens (including phenoxy) is 1. The van der Waals surface area contributed by atoms with E-state index in [4.69, 9.17) is 4.74 Å². The molecule has 0 aromatic rings. The molecule has 0 fully saturated rings. The minimum Gasteiger partial charge on any atom is -0.377 e. The molecule has 1 atom stereocenters. The third-order valence-corrected chi connectivity index (χ3v) is 2.22. The molecular weight excluding hydrogens is 174 g/mol. The maximum atomic E-state index is 5.64. The van der Waals surface area contributed by atoms with Gasteiger partial charge in [0.25, 0.3) is 0 Å². The largest absolute Gasteiger partial charge is 0.377 e. The maximum Gasteiger partial charge on any atom is 0.0623 e. The van der Waals surface area contributed by atoms with E-state index in [-0.39, 0.29) is 0 Å². The van der Waals surface area contributed by atoms with Crippen molar-refractivity contribution in [2.75, 3.05) is 13.2 Å². The minimum absolute atomic E-state index is 0.350. The van der Waals surface area contributed by atoms with Gasteiger partial charge in [-0.05, 0) is 33.2 Å². The molecule has 86 valence electrons. The first-order chi connectivity index (χ1) is 6.70. The third-order valence-electron chi connectivity index (χ3n) is 2.22. The van der Waals surface area contributed by atoms with Gasteiger partial charge < -0.3 is 10.1 Å². The van der Waals surface area contributed by atoms with Crippen molar-refractivity contribution in [1.29, 1.82) is 0 Å². The van der Waals surface area contributed by atoms with Crippen molar-refractivity contribution in [2.24, 2.45) is 0 Å². The van der Waals surface area contributed by atoms with E-state index in [0.717, 1.165) is 13.2 Å². The summed E-state index contributed by atoms with van der Waals surface area (Å²) >= 11 is 0. The molecule has 0 heterocycles. The molecule has 0 spiro atoms. The Kier molecular flexibility index (Phi) is 9.42. The zero-order valence-corrected chi connectivity index (χ0v) is 10.3. The van der Waals surface area contributed by atoms with Crippen molar-refractivity contribution in [1.82, 2.24) is 5.32 Å². The van der Waals surface area contributed by atoms with Crippen LogP contribution in [0.4, 0.5) is 0 Å². The summed E-state index contributed by atoms with van der Waals surface area (Å²) in [4.78, 5) is 0. The molecule has 14 heavy (non-hydrogen) atoms. The van der Waals surface area contributed by atoms with E-state index in [9.17, 15) is 0 Å². The smallest absolute Gasteiger partial charge is 0.0623 e. The first-order valence-corrected chi connectivity index (χ1v) is 6.05. The highest BCUT2D eigenvalue weighted by molar-refractivity contribution is 4.66. The number of hydrogen-bond acceptors (Lipinski definition) is 2. The van der Waals surface area contributed by atoms with Crippen molar-refractivity contribution in [3.8, 4) is 0 Å². The monoisotopic (exact) mass is 201 g/mol. The average Bonchev–Trinajstić information content (AvgIpc) is 2.16. The van der Waals surface area contributed by atoms with Crippen LogP contribution in [0.15, 0.2) is 0 Å². The maximum absolute atomic E-state index is 5.64. The molecule has 0 amide bonds. The summed E-state index contributed by atoms with van der Waals surface area (Å²) in [5.74, 6) is 0. The van der Waals surface area contributed by atoms with Crippen LogP contribution in [0.5, 0.6) is 0 Å². The van der Waals surface area contributed by atoms with Crippen LogP contribution in [0.25, 0.3) is 0 Å². The molecule has 0 aliphatic rings. The highest BCUT2D eigenvalue weighted by Crippen LogP contribution is 2.02. The Morgan fingerprint density at radius 1 is 1.14 bits per heavy atom. The first-order valence-electron chi connectivity index (χ1n) is 6.05. The Labute approximate surface area is 89.4 Å². The van der Waals surface area contributed by atoms with Crippen LogP contribution in [-0.4, -0.2) is 25.3 Å². The average molecular weight is 201 g/mol. The SMILES string of the molecule is CCCCC(COC(C)C)NCCC. The third kappa shape index (κ3) is 8.52. The Balaban J connectivity index is 3.60. The molecule has 0 aliphatic heterocycles. The molecule has 2 nitrogen and oxygen atoms in total. The molecule has 0 saturated carbocycles. The van der Waals surface area contributed by atoms with Gasteiger partial charge in [0.05, 0.1) is 12.7 Å². The van der Waals surface area contributed by atoms with Gasteiger partial charge in [-0.3, -0.25) is 0 Å². The fraction of sp³-hybridized carbons (Fsp3) is 1.00. The van der Waals surface area contributed by atoms with Crippen molar-refractivity contribution in [2.45, 2.75) is 65.5 Å². The van der Waals surface area contributed by atoms with Gasteiger partial charge in [-0.2, -0.15) is 0 Å². The van der Waals surface area contributed by atoms with Gasteiger partial charge in [0.15, 0.2) is 0 Å². The highest BCUT2D eigenvalue weighted by Gasteiger charge is 2.07.